The number of nitrogens with zero attached hydrogens (tertiary/aromatic N) is 2. The highest BCUT2D eigenvalue weighted by atomic mass is 16.4. The molecule has 0 spiro atoms. The van der Waals surface area contributed by atoms with Gasteiger partial charge >= 0.3 is 5.97 Å². The fourth-order valence-electron chi connectivity index (χ4n) is 2.25. The molecule has 0 saturated carbocycles. The Morgan fingerprint density at radius 1 is 1.35 bits per heavy atom. The molecule has 4 heteroatoms. The van der Waals surface area contributed by atoms with Gasteiger partial charge in [0.2, 0.25) is 0 Å². The number of carboxylic acid groups (broad SMARTS) is 1. The van der Waals surface area contributed by atoms with E-state index in [1.165, 1.54) is 19.3 Å². The van der Waals surface area contributed by atoms with Crippen LogP contribution in [0.25, 0.3) is 0 Å². The molecule has 2 heterocycles. The molecular weight excluding hydrogens is 216 g/mol. The Kier molecular flexibility index (Phi) is 4.09. The van der Waals surface area contributed by atoms with Gasteiger partial charge in [-0.3, -0.25) is 14.7 Å². The van der Waals surface area contributed by atoms with Crippen LogP contribution in [0.2, 0.25) is 0 Å². The summed E-state index contributed by atoms with van der Waals surface area (Å²) in [5.74, 6) is -0.826. The van der Waals surface area contributed by atoms with Gasteiger partial charge in [-0.05, 0) is 43.6 Å². The third-order valence-electron chi connectivity index (χ3n) is 3.07. The zero-order chi connectivity index (χ0) is 12.1. The number of carbonyl (C=O) groups is 1. The van der Waals surface area contributed by atoms with Gasteiger partial charge < -0.3 is 5.11 Å². The van der Waals surface area contributed by atoms with Gasteiger partial charge in [0.1, 0.15) is 0 Å². The van der Waals surface area contributed by atoms with Gasteiger partial charge in [0, 0.05) is 12.7 Å². The first-order valence-electron chi connectivity index (χ1n) is 6.12. The van der Waals surface area contributed by atoms with E-state index < -0.39 is 5.97 Å². The number of hydrogen-bond donors (Lipinski definition) is 1. The first kappa shape index (κ1) is 12.0. The molecule has 1 aliphatic rings. The maximum atomic E-state index is 10.6. The maximum Gasteiger partial charge on any atom is 0.309 e. The van der Waals surface area contributed by atoms with Crippen molar-refractivity contribution in [2.75, 3.05) is 13.1 Å². The van der Waals surface area contributed by atoms with E-state index in [9.17, 15) is 4.79 Å². The van der Waals surface area contributed by atoms with Gasteiger partial charge in [0.25, 0.3) is 0 Å². The Morgan fingerprint density at radius 3 is 2.82 bits per heavy atom. The van der Waals surface area contributed by atoms with Crippen LogP contribution in [0.1, 0.15) is 30.5 Å². The second-order valence-electron chi connectivity index (χ2n) is 4.56. The average molecular weight is 234 g/mol. The molecular formula is C13H18N2O2. The molecule has 0 bridgehead atoms. The smallest absolute Gasteiger partial charge is 0.309 e. The number of aliphatic carboxylic acids is 1. The number of hydrogen-bond acceptors (Lipinski definition) is 3. The number of carboxylic acids is 1. The quantitative estimate of drug-likeness (QED) is 0.861. The van der Waals surface area contributed by atoms with Gasteiger partial charge in [0.05, 0.1) is 12.1 Å². The van der Waals surface area contributed by atoms with E-state index >= 15 is 0 Å². The zero-order valence-electron chi connectivity index (χ0n) is 9.93. The molecule has 0 aromatic carbocycles. The molecule has 17 heavy (non-hydrogen) atoms. The van der Waals surface area contributed by atoms with Crippen molar-refractivity contribution in [3.05, 3.63) is 29.6 Å². The lowest BCUT2D eigenvalue weighted by molar-refractivity contribution is -0.136. The van der Waals surface area contributed by atoms with Crippen molar-refractivity contribution in [3.63, 3.8) is 0 Å². The van der Waals surface area contributed by atoms with Gasteiger partial charge in [-0.25, -0.2) is 0 Å². The number of pyridine rings is 1. The molecule has 0 atom stereocenters. The molecule has 92 valence electrons. The highest BCUT2D eigenvalue weighted by Crippen LogP contribution is 2.13. The summed E-state index contributed by atoms with van der Waals surface area (Å²) < 4.78 is 0. The second-order valence-corrected chi connectivity index (χ2v) is 4.56. The van der Waals surface area contributed by atoms with Crippen LogP contribution in [0.3, 0.4) is 0 Å². The third-order valence-corrected chi connectivity index (χ3v) is 3.07. The van der Waals surface area contributed by atoms with Crippen LogP contribution in [0.4, 0.5) is 0 Å². The van der Waals surface area contributed by atoms with E-state index in [0.29, 0.717) is 5.69 Å². The van der Waals surface area contributed by atoms with Crippen LogP contribution >= 0.6 is 0 Å². The van der Waals surface area contributed by atoms with Crippen molar-refractivity contribution in [2.45, 2.75) is 32.2 Å². The van der Waals surface area contributed by atoms with Crippen molar-refractivity contribution in [3.8, 4) is 0 Å². The fourth-order valence-corrected chi connectivity index (χ4v) is 2.25. The summed E-state index contributed by atoms with van der Waals surface area (Å²) in [6.07, 6.45) is 5.59. The van der Waals surface area contributed by atoms with Crippen LogP contribution < -0.4 is 0 Å². The van der Waals surface area contributed by atoms with Crippen LogP contribution in [0.5, 0.6) is 0 Å². The largest absolute Gasteiger partial charge is 0.481 e. The van der Waals surface area contributed by atoms with Crippen molar-refractivity contribution in [1.29, 1.82) is 0 Å². The summed E-state index contributed by atoms with van der Waals surface area (Å²) in [6, 6.07) is 3.88. The average Bonchev–Trinajstić information content (AvgIpc) is 2.30. The van der Waals surface area contributed by atoms with Gasteiger partial charge in [-0.2, -0.15) is 0 Å². The van der Waals surface area contributed by atoms with Crippen molar-refractivity contribution in [2.24, 2.45) is 0 Å². The number of piperidine rings is 1. The van der Waals surface area contributed by atoms with E-state index in [0.717, 1.165) is 25.2 Å². The normalized spacial score (nSPS) is 16.9. The molecule has 1 fully saturated rings. The minimum absolute atomic E-state index is 0.00778. The summed E-state index contributed by atoms with van der Waals surface area (Å²) in [5.41, 5.74) is 1.81. The second kappa shape index (κ2) is 5.77. The van der Waals surface area contributed by atoms with Gasteiger partial charge in [0.15, 0.2) is 0 Å². The Morgan fingerprint density at radius 2 is 2.12 bits per heavy atom. The van der Waals surface area contributed by atoms with Crippen molar-refractivity contribution < 1.29 is 9.90 Å². The predicted octanol–water partition coefficient (Wildman–Crippen LogP) is 1.69. The Balaban J connectivity index is 1.97. The van der Waals surface area contributed by atoms with Crippen molar-refractivity contribution >= 4 is 5.97 Å². The van der Waals surface area contributed by atoms with Crippen LogP contribution in [0, 0.1) is 0 Å². The monoisotopic (exact) mass is 234 g/mol. The summed E-state index contributed by atoms with van der Waals surface area (Å²) in [5, 5.41) is 8.73. The summed E-state index contributed by atoms with van der Waals surface area (Å²) >= 11 is 0. The van der Waals surface area contributed by atoms with Gasteiger partial charge in [-0.1, -0.05) is 6.42 Å². The predicted molar refractivity (Wildman–Crippen MR) is 64.7 cm³/mol. The summed E-state index contributed by atoms with van der Waals surface area (Å²) in [4.78, 5) is 17.1. The minimum Gasteiger partial charge on any atom is -0.481 e. The number of aromatic nitrogens is 1. The number of rotatable bonds is 4. The van der Waals surface area contributed by atoms with E-state index in [1.54, 1.807) is 6.20 Å². The topological polar surface area (TPSA) is 53.4 Å². The molecule has 2 rings (SSSR count). The molecule has 1 aliphatic heterocycles. The van der Waals surface area contributed by atoms with E-state index in [2.05, 4.69) is 9.88 Å². The molecule has 1 aromatic heterocycles. The Hall–Kier alpha value is -1.42. The standard InChI is InChI=1S/C13H18N2O2/c16-13(17)9-12-8-11(4-5-14-12)10-15-6-2-1-3-7-15/h4-5,8H,1-3,6-7,9-10H2,(H,16,17). The molecule has 0 radical (unpaired) electrons. The highest BCUT2D eigenvalue weighted by molar-refractivity contribution is 5.69. The van der Waals surface area contributed by atoms with E-state index in [1.807, 2.05) is 12.1 Å². The maximum absolute atomic E-state index is 10.6. The summed E-state index contributed by atoms with van der Waals surface area (Å²) in [6.45, 7) is 3.21. The molecule has 1 aromatic rings. The van der Waals surface area contributed by atoms with Crippen LogP contribution in [-0.2, 0) is 17.8 Å². The van der Waals surface area contributed by atoms with Crippen LogP contribution in [-0.4, -0.2) is 34.0 Å². The molecule has 1 N–H and O–H groups in total. The summed E-state index contributed by atoms with van der Waals surface area (Å²) in [7, 11) is 0. The lowest BCUT2D eigenvalue weighted by Crippen LogP contribution is -2.29. The van der Waals surface area contributed by atoms with Gasteiger partial charge in [-0.15, -0.1) is 0 Å². The molecule has 0 amide bonds. The molecule has 1 saturated heterocycles. The zero-order valence-corrected chi connectivity index (χ0v) is 9.93. The molecule has 0 unspecified atom stereocenters. The first-order chi connectivity index (χ1) is 8.24. The Bertz CT molecular complexity index is 387. The van der Waals surface area contributed by atoms with Crippen molar-refractivity contribution in [1.82, 2.24) is 9.88 Å². The highest BCUT2D eigenvalue weighted by Gasteiger charge is 2.11. The fraction of sp³-hybridized carbons (Fsp3) is 0.538. The lowest BCUT2D eigenvalue weighted by Gasteiger charge is -2.26. The molecule has 4 nitrogen and oxygen atoms in total. The Labute approximate surface area is 101 Å². The van der Waals surface area contributed by atoms with E-state index in [-0.39, 0.29) is 6.42 Å². The molecule has 0 aliphatic carbocycles. The van der Waals surface area contributed by atoms with Crippen LogP contribution in [0.15, 0.2) is 18.3 Å². The SMILES string of the molecule is O=C(O)Cc1cc(CN2CCCCC2)ccn1. The lowest BCUT2D eigenvalue weighted by atomic mass is 10.1. The third kappa shape index (κ3) is 3.82. The minimum atomic E-state index is -0.826. The first-order valence-corrected chi connectivity index (χ1v) is 6.12. The number of likely N-dealkylation sites (tertiary alicyclic amines) is 1. The van der Waals surface area contributed by atoms with E-state index in [4.69, 9.17) is 5.11 Å².